The van der Waals surface area contributed by atoms with Gasteiger partial charge >= 0.3 is 0 Å². The van der Waals surface area contributed by atoms with E-state index in [9.17, 15) is 9.59 Å². The van der Waals surface area contributed by atoms with E-state index < -0.39 is 0 Å². The first-order valence-electron chi connectivity index (χ1n) is 9.77. The average Bonchev–Trinajstić information content (AvgIpc) is 3.30. The van der Waals surface area contributed by atoms with Crippen LogP contribution in [-0.4, -0.2) is 28.0 Å². The van der Waals surface area contributed by atoms with E-state index >= 15 is 0 Å². The molecule has 1 fully saturated rings. The zero-order valence-electron chi connectivity index (χ0n) is 16.9. The highest BCUT2D eigenvalue weighted by Gasteiger charge is 2.31. The molecule has 156 valence electrons. The summed E-state index contributed by atoms with van der Waals surface area (Å²) in [5, 5.41) is 1.66. The number of ether oxygens (including phenoxy) is 1. The molecular formula is C24H20N2O4S. The summed E-state index contributed by atoms with van der Waals surface area (Å²) in [6.07, 6.45) is 0.515. The lowest BCUT2D eigenvalue weighted by Crippen LogP contribution is -2.25. The van der Waals surface area contributed by atoms with Gasteiger partial charge in [0.05, 0.1) is 11.9 Å². The monoisotopic (exact) mass is 432 g/mol. The van der Waals surface area contributed by atoms with Crippen LogP contribution in [0.1, 0.15) is 22.6 Å². The van der Waals surface area contributed by atoms with Crippen LogP contribution in [0.25, 0.3) is 11.5 Å². The summed E-state index contributed by atoms with van der Waals surface area (Å²) in [5.74, 6) is 7.14. The Morgan fingerprint density at radius 1 is 1.13 bits per heavy atom. The second-order valence-corrected chi connectivity index (χ2v) is 8.14. The van der Waals surface area contributed by atoms with Crippen LogP contribution in [0.4, 0.5) is 4.79 Å². The second-order valence-electron chi connectivity index (χ2n) is 6.97. The standard InChI is InChI=1S/C24H20N2O4S/c1-16-20(25-23(30-16)19-7-3-2-4-8-19)15-29-13-5-6-17-9-11-18(12-10-17)14-21-22(27)26-24(28)31-21/h2-4,7-12,21H,13-15H2,1H3,(H,26,27,28). The summed E-state index contributed by atoms with van der Waals surface area (Å²) in [6.45, 7) is 2.47. The van der Waals surface area contributed by atoms with Crippen molar-refractivity contribution in [3.8, 4) is 23.3 Å². The molecule has 0 saturated carbocycles. The fourth-order valence-electron chi connectivity index (χ4n) is 3.07. The van der Waals surface area contributed by atoms with Crippen LogP contribution in [0.3, 0.4) is 0 Å². The van der Waals surface area contributed by atoms with Crippen LogP contribution < -0.4 is 5.32 Å². The Bertz CT molecular complexity index is 1140. The molecule has 2 heterocycles. The number of aryl methyl sites for hydroxylation is 1. The summed E-state index contributed by atoms with van der Waals surface area (Å²) in [5.41, 5.74) is 3.53. The molecular weight excluding hydrogens is 412 g/mol. The van der Waals surface area contributed by atoms with E-state index in [-0.39, 0.29) is 23.0 Å². The van der Waals surface area contributed by atoms with Gasteiger partial charge < -0.3 is 9.15 Å². The van der Waals surface area contributed by atoms with Gasteiger partial charge in [-0.25, -0.2) is 4.98 Å². The molecule has 1 aliphatic rings. The van der Waals surface area contributed by atoms with Gasteiger partial charge in [-0.2, -0.15) is 0 Å². The van der Waals surface area contributed by atoms with Crippen molar-refractivity contribution in [2.45, 2.75) is 25.2 Å². The zero-order valence-corrected chi connectivity index (χ0v) is 17.7. The lowest BCUT2D eigenvalue weighted by Gasteiger charge is -2.05. The maximum absolute atomic E-state index is 11.7. The summed E-state index contributed by atoms with van der Waals surface area (Å²) < 4.78 is 11.4. The summed E-state index contributed by atoms with van der Waals surface area (Å²) in [4.78, 5) is 27.4. The van der Waals surface area contributed by atoms with Crippen molar-refractivity contribution in [2.75, 3.05) is 6.61 Å². The van der Waals surface area contributed by atoms with Gasteiger partial charge in [0.15, 0.2) is 0 Å². The number of hydrogen-bond donors (Lipinski definition) is 1. The molecule has 2 amide bonds. The predicted octanol–water partition coefficient (Wildman–Crippen LogP) is 4.11. The van der Waals surface area contributed by atoms with Gasteiger partial charge in [0.25, 0.3) is 5.24 Å². The molecule has 1 N–H and O–H groups in total. The predicted molar refractivity (Wildman–Crippen MR) is 118 cm³/mol. The Balaban J connectivity index is 1.26. The summed E-state index contributed by atoms with van der Waals surface area (Å²) in [6, 6.07) is 17.4. The van der Waals surface area contributed by atoms with Crippen LogP contribution in [-0.2, 0) is 22.6 Å². The Hall–Kier alpha value is -3.34. The highest BCUT2D eigenvalue weighted by molar-refractivity contribution is 8.15. The number of carbonyl (C=O) groups excluding carboxylic acids is 2. The number of carbonyl (C=O) groups is 2. The topological polar surface area (TPSA) is 81.4 Å². The van der Waals surface area contributed by atoms with E-state index in [2.05, 4.69) is 22.1 Å². The average molecular weight is 433 g/mol. The van der Waals surface area contributed by atoms with Crippen LogP contribution in [0.15, 0.2) is 59.0 Å². The maximum atomic E-state index is 11.7. The third kappa shape index (κ3) is 5.43. The lowest BCUT2D eigenvalue weighted by atomic mass is 10.1. The van der Waals surface area contributed by atoms with E-state index in [1.165, 1.54) is 0 Å². The number of aromatic nitrogens is 1. The number of benzene rings is 2. The van der Waals surface area contributed by atoms with Gasteiger partial charge in [0.1, 0.15) is 18.1 Å². The minimum atomic E-state index is -0.361. The number of nitrogens with one attached hydrogen (secondary N) is 1. The molecule has 3 aromatic rings. The number of rotatable bonds is 6. The fraction of sp³-hybridized carbons (Fsp3) is 0.208. The molecule has 1 saturated heterocycles. The van der Waals surface area contributed by atoms with Gasteiger partial charge in [0.2, 0.25) is 11.8 Å². The van der Waals surface area contributed by atoms with Crippen molar-refractivity contribution >= 4 is 22.9 Å². The van der Waals surface area contributed by atoms with Gasteiger partial charge in [0, 0.05) is 11.1 Å². The van der Waals surface area contributed by atoms with Gasteiger partial charge in [-0.15, -0.1) is 0 Å². The second kappa shape index (κ2) is 9.65. The Morgan fingerprint density at radius 2 is 1.90 bits per heavy atom. The van der Waals surface area contributed by atoms with Gasteiger partial charge in [-0.1, -0.05) is 53.9 Å². The molecule has 2 aromatic carbocycles. The molecule has 31 heavy (non-hydrogen) atoms. The van der Waals surface area contributed by atoms with Crippen LogP contribution >= 0.6 is 11.8 Å². The first-order valence-corrected chi connectivity index (χ1v) is 10.7. The number of imide groups is 1. The third-order valence-corrected chi connectivity index (χ3v) is 5.68. The largest absolute Gasteiger partial charge is 0.441 e. The molecule has 1 aromatic heterocycles. The number of hydrogen-bond acceptors (Lipinski definition) is 6. The molecule has 0 spiro atoms. The van der Waals surface area contributed by atoms with E-state index in [0.29, 0.717) is 18.9 Å². The number of thioether (sulfide) groups is 1. The van der Waals surface area contributed by atoms with Crippen LogP contribution in [0.2, 0.25) is 0 Å². The first kappa shape index (κ1) is 20.9. The first-order chi connectivity index (χ1) is 15.1. The van der Waals surface area contributed by atoms with Crippen molar-refractivity contribution in [3.05, 3.63) is 77.2 Å². The normalized spacial score (nSPS) is 15.5. The zero-order chi connectivity index (χ0) is 21.6. The third-order valence-electron chi connectivity index (χ3n) is 4.70. The number of nitrogens with zero attached hydrogens (tertiary/aromatic N) is 1. The van der Waals surface area contributed by atoms with E-state index in [4.69, 9.17) is 9.15 Å². The Morgan fingerprint density at radius 3 is 2.61 bits per heavy atom. The summed E-state index contributed by atoms with van der Waals surface area (Å²) in [7, 11) is 0. The molecule has 6 nitrogen and oxygen atoms in total. The quantitative estimate of drug-likeness (QED) is 0.466. The fourth-order valence-corrected chi connectivity index (χ4v) is 3.93. The minimum absolute atomic E-state index is 0.228. The molecule has 7 heteroatoms. The smallest absolute Gasteiger partial charge is 0.286 e. The van der Waals surface area contributed by atoms with E-state index in [1.54, 1.807) is 0 Å². The molecule has 1 unspecified atom stereocenters. The minimum Gasteiger partial charge on any atom is -0.441 e. The highest BCUT2D eigenvalue weighted by Crippen LogP contribution is 2.23. The van der Waals surface area contributed by atoms with Crippen molar-refractivity contribution in [2.24, 2.45) is 0 Å². The van der Waals surface area contributed by atoms with Crippen LogP contribution in [0, 0.1) is 18.8 Å². The molecule has 0 aliphatic carbocycles. The molecule has 1 aliphatic heterocycles. The highest BCUT2D eigenvalue weighted by atomic mass is 32.2. The van der Waals surface area contributed by atoms with Crippen molar-refractivity contribution in [1.29, 1.82) is 0 Å². The van der Waals surface area contributed by atoms with E-state index in [1.807, 2.05) is 61.5 Å². The molecule has 4 rings (SSSR count). The van der Waals surface area contributed by atoms with Gasteiger partial charge in [-0.3, -0.25) is 14.9 Å². The molecule has 1 atom stereocenters. The van der Waals surface area contributed by atoms with Crippen molar-refractivity contribution in [1.82, 2.24) is 10.3 Å². The molecule has 0 bridgehead atoms. The van der Waals surface area contributed by atoms with Gasteiger partial charge in [-0.05, 0) is 43.2 Å². The Labute approximate surface area is 184 Å². The maximum Gasteiger partial charge on any atom is 0.286 e. The summed E-state index contributed by atoms with van der Waals surface area (Å²) >= 11 is 1.04. The van der Waals surface area contributed by atoms with Crippen molar-refractivity contribution < 1.29 is 18.7 Å². The lowest BCUT2D eigenvalue weighted by molar-refractivity contribution is -0.118. The Kier molecular flexibility index (Phi) is 6.51. The number of amides is 2. The van der Waals surface area contributed by atoms with Crippen LogP contribution in [0.5, 0.6) is 0 Å². The molecule has 0 radical (unpaired) electrons. The number of oxazole rings is 1. The SMILES string of the molecule is Cc1oc(-c2ccccc2)nc1COCC#Cc1ccc(CC2SC(=O)NC2=O)cc1. The van der Waals surface area contributed by atoms with Crippen molar-refractivity contribution in [3.63, 3.8) is 0 Å². The van der Waals surface area contributed by atoms with E-state index in [0.717, 1.165) is 39.9 Å².